The van der Waals surface area contributed by atoms with Crippen LogP contribution in [0.3, 0.4) is 0 Å². The minimum absolute atomic E-state index is 0.0935. The van der Waals surface area contributed by atoms with Crippen LogP contribution in [0.4, 0.5) is 11.4 Å². The first-order chi connectivity index (χ1) is 15.4. The molecule has 0 fully saturated rings. The van der Waals surface area contributed by atoms with Crippen molar-refractivity contribution >= 4 is 44.6 Å². The molecular weight excluding hydrogens is 446 g/mol. The Morgan fingerprint density at radius 2 is 1.53 bits per heavy atom. The molecule has 3 aromatic rings. The number of carbonyl (C=O) groups excluding carboxylic acids is 1. The Kier molecular flexibility index (Phi) is 7.80. The third kappa shape index (κ3) is 6.79. The molecule has 3 aromatic carbocycles. The fourth-order valence-electron chi connectivity index (χ4n) is 2.83. The van der Waals surface area contributed by atoms with Crippen LogP contribution < -0.4 is 20.1 Å². The molecule has 0 atom stereocenters. The van der Waals surface area contributed by atoms with Gasteiger partial charge in [0.1, 0.15) is 5.75 Å². The number of thiocarbonyl (C=S) groups is 1. The van der Waals surface area contributed by atoms with Gasteiger partial charge in [-0.3, -0.25) is 9.52 Å². The third-order valence-electron chi connectivity index (χ3n) is 4.30. The summed E-state index contributed by atoms with van der Waals surface area (Å²) in [5.41, 5.74) is 1.86. The van der Waals surface area contributed by atoms with Gasteiger partial charge < -0.3 is 15.4 Å². The van der Waals surface area contributed by atoms with Crippen LogP contribution in [0.1, 0.15) is 12.5 Å². The largest absolute Gasteiger partial charge is 0.494 e. The van der Waals surface area contributed by atoms with E-state index in [9.17, 15) is 13.2 Å². The van der Waals surface area contributed by atoms with Crippen molar-refractivity contribution in [3.05, 3.63) is 84.4 Å². The van der Waals surface area contributed by atoms with Gasteiger partial charge in [-0.2, -0.15) is 0 Å². The Bertz CT molecular complexity index is 1160. The average molecular weight is 470 g/mol. The maximum Gasteiger partial charge on any atom is 0.261 e. The number of amides is 1. The first kappa shape index (κ1) is 23.2. The normalized spacial score (nSPS) is 10.8. The summed E-state index contributed by atoms with van der Waals surface area (Å²) in [7, 11) is -3.76. The molecule has 0 saturated carbocycles. The first-order valence-corrected chi connectivity index (χ1v) is 11.8. The van der Waals surface area contributed by atoms with Crippen molar-refractivity contribution < 1.29 is 17.9 Å². The minimum Gasteiger partial charge on any atom is -0.494 e. The van der Waals surface area contributed by atoms with Crippen LogP contribution in [-0.4, -0.2) is 26.0 Å². The fraction of sp³-hybridized carbons (Fsp3) is 0.130. The molecule has 166 valence electrons. The van der Waals surface area contributed by atoms with Crippen molar-refractivity contribution in [3.8, 4) is 5.75 Å². The van der Waals surface area contributed by atoms with E-state index in [1.165, 1.54) is 12.1 Å². The third-order valence-corrected chi connectivity index (χ3v) is 5.90. The van der Waals surface area contributed by atoms with Gasteiger partial charge in [0.15, 0.2) is 5.11 Å². The second-order valence-electron chi connectivity index (χ2n) is 6.75. The van der Waals surface area contributed by atoms with Crippen molar-refractivity contribution in [2.75, 3.05) is 16.6 Å². The molecule has 1 amide bonds. The van der Waals surface area contributed by atoms with Crippen molar-refractivity contribution in [2.24, 2.45) is 0 Å². The van der Waals surface area contributed by atoms with Crippen LogP contribution in [-0.2, 0) is 21.2 Å². The zero-order valence-corrected chi connectivity index (χ0v) is 19.0. The summed E-state index contributed by atoms with van der Waals surface area (Å²) in [4.78, 5) is 12.2. The number of hydrogen-bond donors (Lipinski definition) is 3. The standard InChI is InChI=1S/C23H23N3O4S2/c1-2-30-20-12-8-19(9-13-20)26-32(28,29)21-14-10-18(11-15-21)24-23(31)25-22(27)16-17-6-4-3-5-7-17/h3-15,26H,2,16H2,1H3,(H2,24,25,27,31). The highest BCUT2D eigenvalue weighted by Gasteiger charge is 2.14. The minimum atomic E-state index is -3.76. The summed E-state index contributed by atoms with van der Waals surface area (Å²) in [6.07, 6.45) is 0.205. The molecule has 0 aliphatic carbocycles. The van der Waals surface area contributed by atoms with Crippen molar-refractivity contribution in [1.82, 2.24) is 5.32 Å². The van der Waals surface area contributed by atoms with Crippen LogP contribution in [0.2, 0.25) is 0 Å². The number of carbonyl (C=O) groups is 1. The highest BCUT2D eigenvalue weighted by Crippen LogP contribution is 2.20. The zero-order valence-electron chi connectivity index (χ0n) is 17.4. The Morgan fingerprint density at radius 1 is 0.906 bits per heavy atom. The lowest BCUT2D eigenvalue weighted by Crippen LogP contribution is -2.35. The van der Waals surface area contributed by atoms with Gasteiger partial charge in [0, 0.05) is 11.4 Å². The van der Waals surface area contributed by atoms with Gasteiger partial charge in [-0.25, -0.2) is 8.42 Å². The van der Waals surface area contributed by atoms with Crippen molar-refractivity contribution in [3.63, 3.8) is 0 Å². The molecule has 0 aromatic heterocycles. The smallest absolute Gasteiger partial charge is 0.261 e. The number of ether oxygens (including phenoxy) is 1. The van der Waals surface area contributed by atoms with Gasteiger partial charge in [-0.15, -0.1) is 0 Å². The molecule has 0 bridgehead atoms. The Hall–Kier alpha value is -3.43. The molecule has 0 heterocycles. The van der Waals surface area contributed by atoms with Crippen LogP contribution in [0.25, 0.3) is 0 Å². The number of hydrogen-bond acceptors (Lipinski definition) is 5. The first-order valence-electron chi connectivity index (χ1n) is 9.86. The van der Waals surface area contributed by atoms with E-state index >= 15 is 0 Å². The van der Waals surface area contributed by atoms with E-state index in [1.54, 1.807) is 36.4 Å². The number of sulfonamides is 1. The molecule has 9 heteroatoms. The second kappa shape index (κ2) is 10.7. The summed E-state index contributed by atoms with van der Waals surface area (Å²) >= 11 is 5.17. The number of nitrogens with one attached hydrogen (secondary N) is 3. The van der Waals surface area contributed by atoms with Gasteiger partial charge in [0.2, 0.25) is 5.91 Å². The molecule has 0 aliphatic rings. The van der Waals surface area contributed by atoms with Gasteiger partial charge in [0.25, 0.3) is 10.0 Å². The van der Waals surface area contributed by atoms with E-state index in [1.807, 2.05) is 37.3 Å². The van der Waals surface area contributed by atoms with E-state index in [0.29, 0.717) is 23.7 Å². The Balaban J connectivity index is 1.56. The molecule has 0 aliphatic heterocycles. The predicted octanol–water partition coefficient (Wildman–Crippen LogP) is 3.94. The summed E-state index contributed by atoms with van der Waals surface area (Å²) in [5, 5.41) is 5.62. The maximum absolute atomic E-state index is 12.6. The predicted molar refractivity (Wildman–Crippen MR) is 129 cm³/mol. The molecule has 7 nitrogen and oxygen atoms in total. The van der Waals surface area contributed by atoms with E-state index < -0.39 is 10.0 Å². The summed E-state index contributed by atoms with van der Waals surface area (Å²) in [5.74, 6) is 0.421. The second-order valence-corrected chi connectivity index (χ2v) is 8.84. The highest BCUT2D eigenvalue weighted by molar-refractivity contribution is 7.92. The molecule has 0 unspecified atom stereocenters. The lowest BCUT2D eigenvalue weighted by atomic mass is 10.1. The van der Waals surface area contributed by atoms with Gasteiger partial charge in [-0.05, 0) is 73.2 Å². The SMILES string of the molecule is CCOc1ccc(NS(=O)(=O)c2ccc(NC(=S)NC(=O)Cc3ccccc3)cc2)cc1. The number of rotatable bonds is 8. The van der Waals surface area contributed by atoms with Gasteiger partial charge in [0.05, 0.1) is 17.9 Å². The molecule has 0 spiro atoms. The van der Waals surface area contributed by atoms with Crippen molar-refractivity contribution in [1.29, 1.82) is 0 Å². The van der Waals surface area contributed by atoms with Crippen LogP contribution in [0.15, 0.2) is 83.8 Å². The molecule has 3 rings (SSSR count). The molecule has 0 radical (unpaired) electrons. The van der Waals surface area contributed by atoms with Gasteiger partial charge in [-0.1, -0.05) is 30.3 Å². The Labute approximate surface area is 192 Å². The summed E-state index contributed by atoms with van der Waals surface area (Å²) in [6.45, 7) is 2.41. The summed E-state index contributed by atoms with van der Waals surface area (Å²) < 4.78 is 33.1. The maximum atomic E-state index is 12.6. The lowest BCUT2D eigenvalue weighted by Gasteiger charge is -2.12. The van der Waals surface area contributed by atoms with Crippen LogP contribution in [0, 0.1) is 0 Å². The topological polar surface area (TPSA) is 96.5 Å². The van der Waals surface area contributed by atoms with Gasteiger partial charge >= 0.3 is 0 Å². The number of anilines is 2. The molecule has 3 N–H and O–H groups in total. The molecule has 0 saturated heterocycles. The lowest BCUT2D eigenvalue weighted by molar-refractivity contribution is -0.119. The van der Waals surface area contributed by atoms with Crippen molar-refractivity contribution in [2.45, 2.75) is 18.2 Å². The monoisotopic (exact) mass is 469 g/mol. The van der Waals surface area contributed by atoms with E-state index in [0.717, 1.165) is 5.56 Å². The van der Waals surface area contributed by atoms with Crippen LogP contribution in [0.5, 0.6) is 5.75 Å². The Morgan fingerprint density at radius 3 is 2.16 bits per heavy atom. The van der Waals surface area contributed by atoms with E-state index in [2.05, 4.69) is 15.4 Å². The van der Waals surface area contributed by atoms with Crippen LogP contribution >= 0.6 is 12.2 Å². The number of benzene rings is 3. The average Bonchev–Trinajstić information content (AvgIpc) is 2.76. The summed E-state index contributed by atoms with van der Waals surface area (Å²) in [6, 6.07) is 22.0. The van der Waals surface area contributed by atoms with E-state index in [4.69, 9.17) is 17.0 Å². The molecule has 32 heavy (non-hydrogen) atoms. The quantitative estimate of drug-likeness (QED) is 0.433. The van der Waals surface area contributed by atoms with E-state index in [-0.39, 0.29) is 22.3 Å². The highest BCUT2D eigenvalue weighted by atomic mass is 32.2. The zero-order chi connectivity index (χ0) is 23.0. The fourth-order valence-corrected chi connectivity index (χ4v) is 4.12. The molecular formula is C23H23N3O4S2.